The van der Waals surface area contributed by atoms with Crippen molar-refractivity contribution in [3.63, 3.8) is 0 Å². The molecule has 4 rings (SSSR count). The van der Waals surface area contributed by atoms with Crippen LogP contribution in [0.5, 0.6) is 0 Å². The van der Waals surface area contributed by atoms with E-state index in [4.69, 9.17) is 4.74 Å². The van der Waals surface area contributed by atoms with E-state index in [0.29, 0.717) is 24.2 Å². The van der Waals surface area contributed by atoms with Gasteiger partial charge >= 0.3 is 5.97 Å². The Morgan fingerprint density at radius 1 is 1.09 bits per heavy atom. The number of fused-ring (bicyclic) bond motifs is 4. The normalized spacial score (nSPS) is 41.5. The Bertz CT molecular complexity index is 827. The summed E-state index contributed by atoms with van der Waals surface area (Å²) in [4.78, 5) is 25.1. The maximum atomic E-state index is 13.6. The van der Waals surface area contributed by atoms with Gasteiger partial charge in [0.05, 0.1) is 0 Å². The molecule has 0 aromatic carbocycles. The molecule has 4 aliphatic rings. The highest BCUT2D eigenvalue weighted by molar-refractivity contribution is 5.95. The van der Waals surface area contributed by atoms with Gasteiger partial charge in [0.2, 0.25) is 0 Å². The first-order valence-electron chi connectivity index (χ1n) is 13.6. The Balaban J connectivity index is 1.60. The molecule has 0 aromatic rings. The quantitative estimate of drug-likeness (QED) is 0.370. The van der Waals surface area contributed by atoms with Crippen LogP contribution in [0.1, 0.15) is 112 Å². The first-order chi connectivity index (χ1) is 15.4. The predicted octanol–water partition coefficient (Wildman–Crippen LogP) is 6.40. The third-order valence-corrected chi connectivity index (χ3v) is 10.5. The van der Waals surface area contributed by atoms with Gasteiger partial charge in [-0.3, -0.25) is 9.59 Å². The van der Waals surface area contributed by atoms with E-state index in [9.17, 15) is 14.7 Å². The minimum atomic E-state index is -1.28. The zero-order chi connectivity index (χ0) is 24.2. The Morgan fingerprint density at radius 2 is 1.82 bits per heavy atom. The summed E-state index contributed by atoms with van der Waals surface area (Å²) in [5, 5.41) is 12.3. The van der Waals surface area contributed by atoms with Gasteiger partial charge in [0.1, 0.15) is 11.7 Å². The summed E-state index contributed by atoms with van der Waals surface area (Å²) in [6, 6.07) is 0. The minimum absolute atomic E-state index is 0.0164. The number of hydrogen-bond acceptors (Lipinski definition) is 4. The van der Waals surface area contributed by atoms with Crippen molar-refractivity contribution >= 4 is 11.8 Å². The molecule has 0 radical (unpaired) electrons. The van der Waals surface area contributed by atoms with Crippen LogP contribution < -0.4 is 0 Å². The Hall–Kier alpha value is -1.16. The SMILES string of the molecule is CC(=O)O[C@H]1CC[C@]2(C)C3=C(CC[C@H]2C1)[C@]1(O)C(=O)C[C@H]([C@H](C)CCCC(C)C)[C@@]1(C)CC3. The molecule has 4 aliphatic carbocycles. The lowest BCUT2D eigenvalue weighted by atomic mass is 9.49. The topological polar surface area (TPSA) is 63.6 Å². The van der Waals surface area contributed by atoms with E-state index in [1.54, 1.807) is 0 Å². The first-order valence-corrected chi connectivity index (χ1v) is 13.6. The fraction of sp³-hybridized carbons (Fsp3) is 0.862. The fourth-order valence-corrected chi connectivity index (χ4v) is 8.49. The Kier molecular flexibility index (Phi) is 6.66. The second-order valence-electron chi connectivity index (χ2n) is 12.8. The molecule has 0 saturated heterocycles. The monoisotopic (exact) mass is 458 g/mol. The van der Waals surface area contributed by atoms with Crippen LogP contribution in [0.3, 0.4) is 0 Å². The number of aliphatic hydroxyl groups is 1. The molecule has 0 aromatic heterocycles. The van der Waals surface area contributed by atoms with E-state index in [2.05, 4.69) is 34.6 Å². The summed E-state index contributed by atoms with van der Waals surface area (Å²) >= 11 is 0. The number of ketones is 1. The van der Waals surface area contributed by atoms with E-state index >= 15 is 0 Å². The van der Waals surface area contributed by atoms with Crippen molar-refractivity contribution in [2.75, 3.05) is 0 Å². The number of Topliss-reactive ketones (excluding diaryl/α,β-unsaturated/α-hetero) is 1. The van der Waals surface area contributed by atoms with Gasteiger partial charge < -0.3 is 9.84 Å². The summed E-state index contributed by atoms with van der Waals surface area (Å²) in [5.41, 5.74) is 0.850. The van der Waals surface area contributed by atoms with Crippen LogP contribution in [0, 0.1) is 34.5 Å². The van der Waals surface area contributed by atoms with Gasteiger partial charge in [0.15, 0.2) is 5.78 Å². The number of esters is 1. The summed E-state index contributed by atoms with van der Waals surface area (Å²) < 4.78 is 5.57. The predicted molar refractivity (Wildman–Crippen MR) is 131 cm³/mol. The van der Waals surface area contributed by atoms with E-state index in [1.807, 2.05) is 0 Å². The maximum Gasteiger partial charge on any atom is 0.302 e. The zero-order valence-corrected chi connectivity index (χ0v) is 21.8. The largest absolute Gasteiger partial charge is 0.463 e. The van der Waals surface area contributed by atoms with Crippen LogP contribution in [0.15, 0.2) is 11.1 Å². The van der Waals surface area contributed by atoms with Crippen LogP contribution in [0.4, 0.5) is 0 Å². The highest BCUT2D eigenvalue weighted by Gasteiger charge is 2.67. The average molecular weight is 459 g/mol. The Labute approximate surface area is 200 Å². The van der Waals surface area contributed by atoms with Gasteiger partial charge in [-0.15, -0.1) is 0 Å². The van der Waals surface area contributed by atoms with Crippen molar-refractivity contribution < 1.29 is 19.4 Å². The van der Waals surface area contributed by atoms with Crippen molar-refractivity contribution in [3.8, 4) is 0 Å². The van der Waals surface area contributed by atoms with Crippen molar-refractivity contribution in [3.05, 3.63) is 11.1 Å². The molecule has 7 atom stereocenters. The number of ether oxygens (including phenoxy) is 1. The minimum Gasteiger partial charge on any atom is -0.463 e. The standard InChI is InChI=1S/C29H46O4/c1-18(2)8-7-9-19(3)25-17-26(31)29(32)24-11-10-21-16-22(33-20(4)30)12-14-27(21,5)23(24)13-15-28(25,29)6/h18-19,21-22,25,32H,7-17H2,1-6H3/t19-,21+,22+,25-,27+,28-,29+/m1/s1. The van der Waals surface area contributed by atoms with Crippen molar-refractivity contribution in [1.29, 1.82) is 0 Å². The van der Waals surface area contributed by atoms with Crippen LogP contribution in [-0.2, 0) is 14.3 Å². The lowest BCUT2D eigenvalue weighted by Crippen LogP contribution is -2.57. The zero-order valence-electron chi connectivity index (χ0n) is 21.8. The van der Waals surface area contributed by atoms with Crippen molar-refractivity contribution in [2.24, 2.45) is 34.5 Å². The average Bonchev–Trinajstić information content (AvgIpc) is 2.94. The van der Waals surface area contributed by atoms with Crippen molar-refractivity contribution in [1.82, 2.24) is 0 Å². The van der Waals surface area contributed by atoms with Crippen LogP contribution in [0.25, 0.3) is 0 Å². The highest BCUT2D eigenvalue weighted by atomic mass is 16.5. The first kappa shape index (κ1) is 24.9. The molecule has 0 bridgehead atoms. The van der Waals surface area contributed by atoms with Crippen LogP contribution >= 0.6 is 0 Å². The molecule has 1 N–H and O–H groups in total. The van der Waals surface area contributed by atoms with E-state index in [-0.39, 0.29) is 34.6 Å². The number of carbonyl (C=O) groups is 2. The molecule has 4 heteroatoms. The fourth-order valence-electron chi connectivity index (χ4n) is 8.49. The highest BCUT2D eigenvalue weighted by Crippen LogP contribution is 2.66. The summed E-state index contributed by atoms with van der Waals surface area (Å²) in [6.07, 6.45) is 10.6. The molecule has 2 fully saturated rings. The number of hydrogen-bond donors (Lipinski definition) is 1. The number of allylic oxidation sites excluding steroid dienone is 1. The van der Waals surface area contributed by atoms with Gasteiger partial charge in [-0.2, -0.15) is 0 Å². The second-order valence-corrected chi connectivity index (χ2v) is 12.8. The van der Waals surface area contributed by atoms with E-state index in [0.717, 1.165) is 56.9 Å². The van der Waals surface area contributed by atoms with Gasteiger partial charge in [0.25, 0.3) is 0 Å². The molecule has 0 spiro atoms. The van der Waals surface area contributed by atoms with Gasteiger partial charge in [-0.05, 0) is 79.6 Å². The second kappa shape index (κ2) is 8.81. The van der Waals surface area contributed by atoms with Crippen LogP contribution in [0.2, 0.25) is 0 Å². The smallest absolute Gasteiger partial charge is 0.302 e. The summed E-state index contributed by atoms with van der Waals surface area (Å²) in [6.45, 7) is 12.9. The van der Waals surface area contributed by atoms with Crippen LogP contribution in [-0.4, -0.2) is 28.6 Å². The van der Waals surface area contributed by atoms with Gasteiger partial charge in [-0.1, -0.05) is 59.5 Å². The maximum absolute atomic E-state index is 13.6. The molecule has 2 saturated carbocycles. The summed E-state index contributed by atoms with van der Waals surface area (Å²) in [7, 11) is 0. The Morgan fingerprint density at radius 3 is 2.48 bits per heavy atom. The molecule has 0 unspecified atom stereocenters. The molecule has 0 heterocycles. The summed E-state index contributed by atoms with van der Waals surface area (Å²) in [5.74, 6) is 1.79. The molecule has 4 nitrogen and oxygen atoms in total. The van der Waals surface area contributed by atoms with Gasteiger partial charge in [0, 0.05) is 18.8 Å². The van der Waals surface area contributed by atoms with Gasteiger partial charge in [-0.25, -0.2) is 0 Å². The molecular weight excluding hydrogens is 412 g/mol. The third kappa shape index (κ3) is 3.93. The third-order valence-electron chi connectivity index (χ3n) is 10.5. The molecule has 0 aliphatic heterocycles. The van der Waals surface area contributed by atoms with Crippen molar-refractivity contribution in [2.45, 2.75) is 124 Å². The van der Waals surface area contributed by atoms with E-state index < -0.39 is 5.60 Å². The number of carbonyl (C=O) groups excluding carboxylic acids is 2. The number of rotatable bonds is 6. The molecule has 33 heavy (non-hydrogen) atoms. The lowest BCUT2D eigenvalue weighted by molar-refractivity contribution is -0.151. The molecule has 186 valence electrons. The van der Waals surface area contributed by atoms with E-state index in [1.165, 1.54) is 25.3 Å². The molecule has 0 amide bonds. The lowest BCUT2D eigenvalue weighted by Gasteiger charge is -2.57. The molecular formula is C29H46O4.